The van der Waals surface area contributed by atoms with Crippen LogP contribution in [0.1, 0.15) is 48.5 Å². The SMILES string of the molecule is CNC(=O)c1csc2c(C(F)(F)F)cc(OC3CC4(C3)CN(C(=O)O[C@@H](C)C3CC3)C4)nc12. The molecule has 1 aliphatic heterocycles. The summed E-state index contributed by atoms with van der Waals surface area (Å²) in [5.74, 6) is -0.171. The predicted molar refractivity (Wildman–Crippen MR) is 114 cm³/mol. The number of nitrogens with one attached hydrogen (secondary N) is 1. The van der Waals surface area contributed by atoms with E-state index in [9.17, 15) is 22.8 Å². The Labute approximate surface area is 192 Å². The van der Waals surface area contributed by atoms with Gasteiger partial charge in [0.1, 0.15) is 12.2 Å². The van der Waals surface area contributed by atoms with Gasteiger partial charge in [0.2, 0.25) is 5.88 Å². The lowest BCUT2D eigenvalue weighted by Gasteiger charge is -2.57. The zero-order chi connectivity index (χ0) is 23.5. The maximum Gasteiger partial charge on any atom is 0.418 e. The molecule has 1 spiro atoms. The maximum absolute atomic E-state index is 13.6. The minimum Gasteiger partial charge on any atom is -0.474 e. The fourth-order valence-corrected chi connectivity index (χ4v) is 5.78. The van der Waals surface area contributed by atoms with E-state index in [0.29, 0.717) is 31.8 Å². The van der Waals surface area contributed by atoms with E-state index in [1.807, 2.05) is 6.92 Å². The first-order valence-corrected chi connectivity index (χ1v) is 11.8. The van der Waals surface area contributed by atoms with E-state index in [-0.39, 0.29) is 45.4 Å². The van der Waals surface area contributed by atoms with E-state index in [1.165, 1.54) is 12.4 Å². The van der Waals surface area contributed by atoms with E-state index < -0.39 is 17.6 Å². The van der Waals surface area contributed by atoms with Gasteiger partial charge < -0.3 is 19.7 Å². The summed E-state index contributed by atoms with van der Waals surface area (Å²) < 4.78 is 52.1. The van der Waals surface area contributed by atoms with Crippen molar-refractivity contribution in [1.82, 2.24) is 15.2 Å². The molecule has 3 aliphatic rings. The number of amides is 2. The second-order valence-electron chi connectivity index (χ2n) is 9.34. The Hall–Kier alpha value is -2.56. The van der Waals surface area contributed by atoms with Crippen LogP contribution in [-0.4, -0.2) is 54.2 Å². The van der Waals surface area contributed by atoms with Gasteiger partial charge in [-0.2, -0.15) is 13.2 Å². The number of halogens is 3. The van der Waals surface area contributed by atoms with E-state index >= 15 is 0 Å². The molecule has 0 bridgehead atoms. The number of aromatic nitrogens is 1. The summed E-state index contributed by atoms with van der Waals surface area (Å²) in [5.41, 5.74) is -0.856. The molecule has 178 valence electrons. The first-order chi connectivity index (χ1) is 15.6. The third-order valence-electron chi connectivity index (χ3n) is 6.77. The molecule has 1 atom stereocenters. The second-order valence-corrected chi connectivity index (χ2v) is 10.2. The zero-order valence-electron chi connectivity index (χ0n) is 18.2. The molecule has 3 heterocycles. The second kappa shape index (κ2) is 7.75. The van der Waals surface area contributed by atoms with Gasteiger partial charge in [0.15, 0.2) is 0 Å². The summed E-state index contributed by atoms with van der Waals surface area (Å²) in [7, 11) is 1.41. The number of alkyl halides is 3. The minimum absolute atomic E-state index is 0.0134. The van der Waals surface area contributed by atoms with Crippen molar-refractivity contribution in [3.05, 3.63) is 22.6 Å². The highest BCUT2D eigenvalue weighted by Crippen LogP contribution is 2.50. The van der Waals surface area contributed by atoms with Crippen LogP contribution in [0.3, 0.4) is 0 Å². The molecule has 3 fully saturated rings. The third kappa shape index (κ3) is 4.11. The predicted octanol–water partition coefficient (Wildman–Crippen LogP) is 4.45. The molecule has 0 radical (unpaired) electrons. The van der Waals surface area contributed by atoms with Crippen LogP contribution in [0.4, 0.5) is 18.0 Å². The molecule has 5 rings (SSSR count). The van der Waals surface area contributed by atoms with E-state index in [4.69, 9.17) is 9.47 Å². The van der Waals surface area contributed by atoms with Crippen molar-refractivity contribution >= 4 is 33.6 Å². The Balaban J connectivity index is 1.24. The topological polar surface area (TPSA) is 80.8 Å². The Kier molecular flexibility index (Phi) is 5.22. The van der Waals surface area contributed by atoms with Crippen molar-refractivity contribution in [2.45, 2.75) is 51.0 Å². The average molecular weight is 484 g/mol. The van der Waals surface area contributed by atoms with E-state index in [1.54, 1.807) is 4.90 Å². The van der Waals surface area contributed by atoms with Crippen LogP contribution in [-0.2, 0) is 10.9 Å². The molecular formula is C22H24F3N3O4S. The molecular weight excluding hydrogens is 459 g/mol. The van der Waals surface area contributed by atoms with Gasteiger partial charge in [-0.1, -0.05) is 0 Å². The van der Waals surface area contributed by atoms with Crippen molar-refractivity contribution in [2.75, 3.05) is 20.1 Å². The van der Waals surface area contributed by atoms with Crippen LogP contribution in [0.5, 0.6) is 5.88 Å². The molecule has 1 N–H and O–H groups in total. The van der Waals surface area contributed by atoms with Crippen molar-refractivity contribution in [3.8, 4) is 5.88 Å². The Morgan fingerprint density at radius 2 is 2.00 bits per heavy atom. The first-order valence-electron chi connectivity index (χ1n) is 10.9. The van der Waals surface area contributed by atoms with Gasteiger partial charge in [-0.05, 0) is 38.5 Å². The lowest BCUT2D eigenvalue weighted by Crippen LogP contribution is -2.66. The summed E-state index contributed by atoms with van der Waals surface area (Å²) >= 11 is 0.835. The average Bonchev–Trinajstić information content (AvgIpc) is 3.46. The number of carbonyl (C=O) groups is 2. The van der Waals surface area contributed by atoms with Gasteiger partial charge in [0.05, 0.1) is 21.3 Å². The highest BCUT2D eigenvalue weighted by atomic mass is 32.1. The zero-order valence-corrected chi connectivity index (χ0v) is 19.0. The molecule has 2 aromatic heterocycles. The number of hydrogen-bond acceptors (Lipinski definition) is 6. The van der Waals surface area contributed by atoms with Crippen LogP contribution >= 0.6 is 11.3 Å². The standard InChI is InChI=1S/C22H24F3N3O4S/c1-11(12-3-4-12)31-20(30)28-9-21(10-28)6-13(7-21)32-16-5-15(22(23,24)25)18-17(27-16)14(8-33-18)19(29)26-2/h5,8,11-13H,3-4,6-7,9-10H2,1-2H3,(H,26,29)/t11-/m0/s1. The lowest BCUT2D eigenvalue weighted by atomic mass is 9.62. The number of rotatable bonds is 5. The van der Waals surface area contributed by atoms with Gasteiger partial charge in [-0.25, -0.2) is 9.78 Å². The quantitative estimate of drug-likeness (QED) is 0.680. The van der Waals surface area contributed by atoms with Gasteiger partial charge >= 0.3 is 12.3 Å². The summed E-state index contributed by atoms with van der Waals surface area (Å²) in [6.45, 7) is 3.05. The molecule has 2 aliphatic carbocycles. The first kappa shape index (κ1) is 22.2. The van der Waals surface area contributed by atoms with Gasteiger partial charge in [0, 0.05) is 37.0 Å². The molecule has 0 aromatic carbocycles. The highest BCUT2D eigenvalue weighted by Gasteiger charge is 2.55. The maximum atomic E-state index is 13.6. The smallest absolute Gasteiger partial charge is 0.418 e. The summed E-state index contributed by atoms with van der Waals surface area (Å²) in [4.78, 5) is 30.2. The number of likely N-dealkylation sites (tertiary alicyclic amines) is 1. The number of carbonyl (C=O) groups excluding carboxylic acids is 2. The number of nitrogens with zero attached hydrogens (tertiary/aromatic N) is 2. The van der Waals surface area contributed by atoms with Crippen LogP contribution in [0.25, 0.3) is 10.2 Å². The number of fused-ring (bicyclic) bond motifs is 1. The minimum atomic E-state index is -4.60. The van der Waals surface area contributed by atoms with Crippen molar-refractivity contribution in [1.29, 1.82) is 0 Å². The Morgan fingerprint density at radius 3 is 2.61 bits per heavy atom. The summed E-state index contributed by atoms with van der Waals surface area (Å²) in [6, 6.07) is 0.904. The molecule has 11 heteroatoms. The summed E-state index contributed by atoms with van der Waals surface area (Å²) in [6.07, 6.45) is -1.80. The molecule has 1 saturated heterocycles. The molecule has 33 heavy (non-hydrogen) atoms. The van der Waals surface area contributed by atoms with Crippen molar-refractivity contribution in [3.63, 3.8) is 0 Å². The fourth-order valence-electron chi connectivity index (χ4n) is 4.76. The summed E-state index contributed by atoms with van der Waals surface area (Å²) in [5, 5.41) is 3.80. The normalized spacial score (nSPS) is 20.8. The molecule has 2 amide bonds. The Bertz CT molecular complexity index is 1100. The van der Waals surface area contributed by atoms with Gasteiger partial charge in [-0.15, -0.1) is 11.3 Å². The van der Waals surface area contributed by atoms with Crippen LogP contribution in [0, 0.1) is 11.3 Å². The van der Waals surface area contributed by atoms with Gasteiger partial charge in [0.25, 0.3) is 5.91 Å². The van der Waals surface area contributed by atoms with E-state index in [0.717, 1.165) is 30.2 Å². The highest BCUT2D eigenvalue weighted by molar-refractivity contribution is 7.17. The van der Waals surface area contributed by atoms with Crippen molar-refractivity contribution < 1.29 is 32.2 Å². The third-order valence-corrected chi connectivity index (χ3v) is 7.77. The number of hydrogen-bond donors (Lipinski definition) is 1. The molecule has 0 unspecified atom stereocenters. The van der Waals surface area contributed by atoms with Crippen LogP contribution in [0.15, 0.2) is 11.4 Å². The number of thiophene rings is 1. The number of pyridine rings is 1. The monoisotopic (exact) mass is 483 g/mol. The van der Waals surface area contributed by atoms with Crippen molar-refractivity contribution in [2.24, 2.45) is 11.3 Å². The largest absolute Gasteiger partial charge is 0.474 e. The van der Waals surface area contributed by atoms with Gasteiger partial charge in [-0.3, -0.25) is 4.79 Å². The van der Waals surface area contributed by atoms with Crippen LogP contribution in [0.2, 0.25) is 0 Å². The molecule has 7 nitrogen and oxygen atoms in total. The van der Waals surface area contributed by atoms with E-state index in [2.05, 4.69) is 10.3 Å². The number of ether oxygens (including phenoxy) is 2. The fraction of sp³-hybridized carbons (Fsp3) is 0.591. The molecule has 2 aromatic rings. The van der Waals surface area contributed by atoms with Crippen LogP contribution < -0.4 is 10.1 Å². The molecule has 2 saturated carbocycles. The lowest BCUT2D eigenvalue weighted by molar-refractivity contribution is -0.136. The Morgan fingerprint density at radius 1 is 1.30 bits per heavy atom.